The molecule has 1 N–H and O–H groups in total. The molecule has 1 aliphatic rings. The number of carbonyl (C=O) groups is 3. The lowest BCUT2D eigenvalue weighted by Crippen LogP contribution is -2.31. The highest BCUT2D eigenvalue weighted by atomic mass is 16.5. The largest absolute Gasteiger partial charge is 0.503 e. The van der Waals surface area contributed by atoms with Crippen molar-refractivity contribution < 1.29 is 24.2 Å². The van der Waals surface area contributed by atoms with Crippen molar-refractivity contribution in [2.75, 3.05) is 4.90 Å². The topological polar surface area (TPSA) is 96.8 Å². The van der Waals surface area contributed by atoms with Crippen molar-refractivity contribution in [3.8, 4) is 0 Å². The van der Waals surface area contributed by atoms with E-state index in [-0.39, 0.29) is 29.9 Å². The number of pyridine rings is 1. The first kappa shape index (κ1) is 22.2. The van der Waals surface area contributed by atoms with Crippen molar-refractivity contribution in [3.05, 3.63) is 71.3 Å². The maximum absolute atomic E-state index is 13.0. The quantitative estimate of drug-likeness (QED) is 0.684. The highest BCUT2D eigenvalue weighted by Gasteiger charge is 2.44. The number of carbonyl (C=O) groups excluding carboxylic acids is 3. The van der Waals surface area contributed by atoms with Crippen LogP contribution in [0.3, 0.4) is 0 Å². The first-order valence-corrected chi connectivity index (χ1v) is 10.2. The summed E-state index contributed by atoms with van der Waals surface area (Å²) in [5.41, 5.74) is 1.92. The van der Waals surface area contributed by atoms with Gasteiger partial charge in [0.15, 0.2) is 11.5 Å². The van der Waals surface area contributed by atoms with Crippen LogP contribution >= 0.6 is 0 Å². The van der Waals surface area contributed by atoms with Gasteiger partial charge in [-0.05, 0) is 43.2 Å². The molecular weight excluding hydrogens is 396 g/mol. The molecule has 162 valence electrons. The summed E-state index contributed by atoms with van der Waals surface area (Å²) in [6.07, 6.45) is 3.09. The molecule has 1 aliphatic heterocycles. The second-order valence-electron chi connectivity index (χ2n) is 8.03. The number of aromatic nitrogens is 1. The molecule has 0 spiro atoms. The van der Waals surface area contributed by atoms with Gasteiger partial charge in [-0.3, -0.25) is 24.3 Å². The van der Waals surface area contributed by atoms with E-state index in [1.54, 1.807) is 76.5 Å². The molecule has 31 heavy (non-hydrogen) atoms. The number of Topliss-reactive ketones (excluding diaryl/α,β-unsaturated/α-hetero) is 1. The Balaban J connectivity index is 1.97. The Morgan fingerprint density at radius 2 is 1.81 bits per heavy atom. The number of esters is 1. The van der Waals surface area contributed by atoms with Crippen LogP contribution in [0.5, 0.6) is 0 Å². The van der Waals surface area contributed by atoms with Crippen molar-refractivity contribution in [2.45, 2.75) is 46.3 Å². The number of hydrogen-bond donors (Lipinski definition) is 1. The van der Waals surface area contributed by atoms with Crippen LogP contribution in [0.2, 0.25) is 0 Å². The van der Waals surface area contributed by atoms with Crippen molar-refractivity contribution in [1.29, 1.82) is 0 Å². The summed E-state index contributed by atoms with van der Waals surface area (Å²) in [6.45, 7) is 7.02. The predicted molar refractivity (Wildman–Crippen MR) is 115 cm³/mol. The lowest BCUT2D eigenvalue weighted by molar-refractivity contribution is -0.146. The van der Waals surface area contributed by atoms with E-state index in [0.717, 1.165) is 5.56 Å². The number of aliphatic hydroxyl groups excluding tert-OH is 1. The molecule has 0 saturated heterocycles. The third-order valence-electron chi connectivity index (χ3n) is 4.93. The SMILES string of the molecule is CC(C)OC(=O)Cc1ccc(N2C(=O)C(O)=C(C(=O)C(C)C)C2c2cccnc2)cc1. The van der Waals surface area contributed by atoms with Gasteiger partial charge in [0.1, 0.15) is 0 Å². The number of rotatable bonds is 7. The summed E-state index contributed by atoms with van der Waals surface area (Å²) in [5, 5.41) is 10.6. The molecule has 1 aromatic heterocycles. The fraction of sp³-hybridized carbons (Fsp3) is 0.333. The van der Waals surface area contributed by atoms with Gasteiger partial charge in [0.25, 0.3) is 5.91 Å². The summed E-state index contributed by atoms with van der Waals surface area (Å²) >= 11 is 0. The van der Waals surface area contributed by atoms with Gasteiger partial charge in [-0.1, -0.05) is 32.0 Å². The summed E-state index contributed by atoms with van der Waals surface area (Å²) < 4.78 is 5.17. The predicted octanol–water partition coefficient (Wildman–Crippen LogP) is 3.70. The van der Waals surface area contributed by atoms with Gasteiger partial charge >= 0.3 is 5.97 Å². The molecular formula is C24H26N2O5. The van der Waals surface area contributed by atoms with Crippen molar-refractivity contribution in [3.63, 3.8) is 0 Å². The summed E-state index contributed by atoms with van der Waals surface area (Å²) in [6, 6.07) is 9.53. The Labute approximate surface area is 181 Å². The summed E-state index contributed by atoms with van der Waals surface area (Å²) in [7, 11) is 0. The minimum Gasteiger partial charge on any atom is -0.503 e. The van der Waals surface area contributed by atoms with Gasteiger partial charge in [0.2, 0.25) is 0 Å². The number of aliphatic hydroxyl groups is 1. The first-order valence-electron chi connectivity index (χ1n) is 10.2. The van der Waals surface area contributed by atoms with E-state index in [2.05, 4.69) is 4.98 Å². The van der Waals surface area contributed by atoms with Gasteiger partial charge in [-0.25, -0.2) is 0 Å². The maximum Gasteiger partial charge on any atom is 0.310 e. The monoisotopic (exact) mass is 422 g/mol. The van der Waals surface area contributed by atoms with Gasteiger partial charge < -0.3 is 9.84 Å². The fourth-order valence-electron chi connectivity index (χ4n) is 3.53. The molecule has 0 radical (unpaired) electrons. The zero-order valence-corrected chi connectivity index (χ0v) is 18.0. The van der Waals surface area contributed by atoms with Crippen LogP contribution in [0.25, 0.3) is 0 Å². The Morgan fingerprint density at radius 3 is 2.35 bits per heavy atom. The van der Waals surface area contributed by atoms with Crippen molar-refractivity contribution in [1.82, 2.24) is 4.98 Å². The van der Waals surface area contributed by atoms with Crippen LogP contribution in [0.15, 0.2) is 60.1 Å². The molecule has 1 unspecified atom stereocenters. The third kappa shape index (κ3) is 4.66. The maximum atomic E-state index is 13.0. The number of ether oxygens (including phenoxy) is 1. The molecule has 0 saturated carbocycles. The number of anilines is 1. The van der Waals surface area contributed by atoms with Crippen LogP contribution in [0.4, 0.5) is 5.69 Å². The zero-order valence-electron chi connectivity index (χ0n) is 18.0. The molecule has 2 heterocycles. The highest BCUT2D eigenvalue weighted by molar-refractivity contribution is 6.16. The second kappa shape index (κ2) is 9.12. The molecule has 0 aliphatic carbocycles. The molecule has 1 aromatic carbocycles. The Bertz CT molecular complexity index is 1010. The Kier molecular flexibility index (Phi) is 6.53. The molecule has 2 aromatic rings. The fourth-order valence-corrected chi connectivity index (χ4v) is 3.53. The number of nitrogens with zero attached hydrogens (tertiary/aromatic N) is 2. The van der Waals surface area contributed by atoms with E-state index in [4.69, 9.17) is 4.74 Å². The van der Waals surface area contributed by atoms with Crippen molar-refractivity contribution in [2.24, 2.45) is 5.92 Å². The van der Waals surface area contributed by atoms with Crippen molar-refractivity contribution >= 4 is 23.3 Å². The van der Waals surface area contributed by atoms with E-state index in [9.17, 15) is 19.5 Å². The van der Waals surface area contributed by atoms with Gasteiger partial charge in [-0.2, -0.15) is 0 Å². The minimum absolute atomic E-state index is 0.0672. The smallest absolute Gasteiger partial charge is 0.310 e. The van der Waals surface area contributed by atoms with Crippen LogP contribution < -0.4 is 4.90 Å². The van der Waals surface area contributed by atoms with E-state index in [0.29, 0.717) is 11.3 Å². The molecule has 1 amide bonds. The summed E-state index contributed by atoms with van der Waals surface area (Å²) in [5.74, 6) is -2.21. The Morgan fingerprint density at radius 1 is 1.13 bits per heavy atom. The van der Waals surface area contributed by atoms with Crippen LogP contribution in [0, 0.1) is 5.92 Å². The second-order valence-corrected chi connectivity index (χ2v) is 8.03. The minimum atomic E-state index is -0.784. The Hall–Kier alpha value is -3.48. The molecule has 7 heteroatoms. The zero-order chi connectivity index (χ0) is 22.7. The van der Waals surface area contributed by atoms with Crippen LogP contribution in [-0.2, 0) is 25.5 Å². The normalized spacial score (nSPS) is 16.4. The van der Waals surface area contributed by atoms with E-state index < -0.39 is 23.6 Å². The molecule has 3 rings (SSSR count). The first-order chi connectivity index (χ1) is 14.7. The molecule has 1 atom stereocenters. The third-order valence-corrected chi connectivity index (χ3v) is 4.93. The average Bonchev–Trinajstić information content (AvgIpc) is 2.99. The van der Waals surface area contributed by atoms with Gasteiger partial charge in [0.05, 0.1) is 24.1 Å². The lowest BCUT2D eigenvalue weighted by atomic mass is 9.92. The van der Waals surface area contributed by atoms with E-state index >= 15 is 0 Å². The molecule has 0 bridgehead atoms. The van der Waals surface area contributed by atoms with Crippen LogP contribution in [-0.4, -0.2) is 33.9 Å². The van der Waals surface area contributed by atoms with Crippen LogP contribution in [0.1, 0.15) is 44.9 Å². The lowest BCUT2D eigenvalue weighted by Gasteiger charge is -2.27. The number of amides is 1. The standard InChI is InChI=1S/C24H26N2O5/c1-14(2)22(28)20-21(17-6-5-11-25-13-17)26(24(30)23(20)29)18-9-7-16(8-10-18)12-19(27)31-15(3)4/h5-11,13-15,21,29H,12H2,1-4H3. The number of hydrogen-bond acceptors (Lipinski definition) is 6. The van der Waals surface area contributed by atoms with E-state index in [1.165, 1.54) is 4.90 Å². The number of benzene rings is 1. The summed E-state index contributed by atoms with van der Waals surface area (Å²) in [4.78, 5) is 43.2. The average molecular weight is 422 g/mol. The molecule has 0 fully saturated rings. The number of ketones is 1. The van der Waals surface area contributed by atoms with Gasteiger partial charge in [-0.15, -0.1) is 0 Å². The molecule has 7 nitrogen and oxygen atoms in total. The van der Waals surface area contributed by atoms with E-state index in [1.807, 2.05) is 0 Å². The highest BCUT2D eigenvalue weighted by Crippen LogP contribution is 2.41. The van der Waals surface area contributed by atoms with Gasteiger partial charge in [0, 0.05) is 24.0 Å².